The largest absolute Gasteiger partial charge is 0.392 e. The number of aliphatic hydroxyl groups excluding tert-OH is 1. The molecule has 4 heteroatoms. The highest BCUT2D eigenvalue weighted by Crippen LogP contribution is 2.36. The van der Waals surface area contributed by atoms with Crippen LogP contribution < -0.4 is 0 Å². The highest BCUT2D eigenvalue weighted by molar-refractivity contribution is 4.94. The topological polar surface area (TPSA) is 41.9 Å². The van der Waals surface area contributed by atoms with Gasteiger partial charge in [-0.2, -0.15) is 0 Å². The van der Waals surface area contributed by atoms with E-state index in [2.05, 4.69) is 4.90 Å². The van der Waals surface area contributed by atoms with Crippen molar-refractivity contribution in [2.45, 2.75) is 49.9 Å². The molecule has 3 saturated heterocycles. The van der Waals surface area contributed by atoms with E-state index in [-0.39, 0.29) is 11.7 Å². The highest BCUT2D eigenvalue weighted by Gasteiger charge is 2.41. The smallest absolute Gasteiger partial charge is 0.0741 e. The van der Waals surface area contributed by atoms with Gasteiger partial charge in [0.2, 0.25) is 0 Å². The van der Waals surface area contributed by atoms with Crippen LogP contribution in [0.25, 0.3) is 0 Å². The molecule has 0 saturated carbocycles. The summed E-state index contributed by atoms with van der Waals surface area (Å²) in [4.78, 5) is 2.46. The predicted molar refractivity (Wildman–Crippen MR) is 64.0 cm³/mol. The molecule has 0 bridgehead atoms. The number of hydrogen-bond donors (Lipinski definition) is 1. The summed E-state index contributed by atoms with van der Waals surface area (Å²) in [5, 5.41) is 9.64. The number of rotatable bonds is 1. The lowest BCUT2D eigenvalue weighted by molar-refractivity contribution is -0.150. The Morgan fingerprint density at radius 3 is 2.65 bits per heavy atom. The van der Waals surface area contributed by atoms with Gasteiger partial charge in [0.15, 0.2) is 0 Å². The molecule has 3 aliphatic heterocycles. The molecule has 0 aliphatic carbocycles. The minimum atomic E-state index is -0.108. The van der Waals surface area contributed by atoms with E-state index in [1.54, 1.807) is 0 Å². The number of likely N-dealkylation sites (tertiary alicyclic amines) is 1. The summed E-state index contributed by atoms with van der Waals surface area (Å²) in [5.74, 6) is 0. The van der Waals surface area contributed by atoms with Gasteiger partial charge in [-0.05, 0) is 32.1 Å². The normalized spacial score (nSPS) is 38.6. The van der Waals surface area contributed by atoms with Crippen LogP contribution >= 0.6 is 0 Å². The summed E-state index contributed by atoms with van der Waals surface area (Å²) in [6.07, 6.45) is 5.16. The molecule has 3 rings (SSSR count). The SMILES string of the molecule is O[C@@H]1CCN(C2CCOC3(CCOCC3)C2)C1. The van der Waals surface area contributed by atoms with Gasteiger partial charge in [0.05, 0.1) is 11.7 Å². The number of hydrogen-bond acceptors (Lipinski definition) is 4. The average Bonchev–Trinajstić information content (AvgIpc) is 2.77. The van der Waals surface area contributed by atoms with Crippen LogP contribution in [0.2, 0.25) is 0 Å². The van der Waals surface area contributed by atoms with E-state index in [1.807, 2.05) is 0 Å². The van der Waals surface area contributed by atoms with E-state index >= 15 is 0 Å². The van der Waals surface area contributed by atoms with Crippen LogP contribution in [-0.2, 0) is 9.47 Å². The predicted octanol–water partition coefficient (Wildman–Crippen LogP) is 0.781. The van der Waals surface area contributed by atoms with Crippen LogP contribution in [0.5, 0.6) is 0 Å². The molecule has 98 valence electrons. The summed E-state index contributed by atoms with van der Waals surface area (Å²) < 4.78 is 11.5. The average molecular weight is 241 g/mol. The van der Waals surface area contributed by atoms with Crippen LogP contribution in [0.1, 0.15) is 32.1 Å². The van der Waals surface area contributed by atoms with Gasteiger partial charge in [-0.3, -0.25) is 4.90 Å². The van der Waals surface area contributed by atoms with Gasteiger partial charge in [0.1, 0.15) is 0 Å². The Balaban J connectivity index is 1.62. The molecular weight excluding hydrogens is 218 g/mol. The van der Waals surface area contributed by atoms with E-state index in [1.165, 1.54) is 0 Å². The lowest BCUT2D eigenvalue weighted by Crippen LogP contribution is -2.50. The maximum Gasteiger partial charge on any atom is 0.0741 e. The lowest BCUT2D eigenvalue weighted by atomic mass is 9.83. The number of nitrogens with zero attached hydrogens (tertiary/aromatic N) is 1. The second-order valence-electron chi connectivity index (χ2n) is 5.73. The van der Waals surface area contributed by atoms with E-state index < -0.39 is 0 Å². The third-order valence-corrected chi connectivity index (χ3v) is 4.58. The van der Waals surface area contributed by atoms with Crippen molar-refractivity contribution >= 4 is 0 Å². The quantitative estimate of drug-likeness (QED) is 0.736. The van der Waals surface area contributed by atoms with Gasteiger partial charge in [0, 0.05) is 39.0 Å². The first-order chi connectivity index (χ1) is 8.27. The minimum Gasteiger partial charge on any atom is -0.392 e. The van der Waals surface area contributed by atoms with E-state index in [0.717, 1.165) is 65.0 Å². The maximum atomic E-state index is 9.64. The van der Waals surface area contributed by atoms with Crippen molar-refractivity contribution in [1.82, 2.24) is 4.90 Å². The van der Waals surface area contributed by atoms with Gasteiger partial charge >= 0.3 is 0 Å². The first kappa shape index (κ1) is 11.9. The summed E-state index contributed by atoms with van der Waals surface area (Å²) in [5.41, 5.74) is 0.0781. The molecule has 1 N–H and O–H groups in total. The van der Waals surface area contributed by atoms with E-state index in [0.29, 0.717) is 6.04 Å². The first-order valence-corrected chi connectivity index (χ1v) is 6.91. The molecule has 3 heterocycles. The fraction of sp³-hybridized carbons (Fsp3) is 1.00. The van der Waals surface area contributed by atoms with Crippen LogP contribution in [0.4, 0.5) is 0 Å². The van der Waals surface area contributed by atoms with E-state index in [4.69, 9.17) is 9.47 Å². The van der Waals surface area contributed by atoms with Crippen LogP contribution in [0.15, 0.2) is 0 Å². The summed E-state index contributed by atoms with van der Waals surface area (Å²) in [6.45, 7) is 4.47. The zero-order valence-electron chi connectivity index (χ0n) is 10.4. The Labute approximate surface area is 103 Å². The van der Waals surface area contributed by atoms with Crippen molar-refractivity contribution in [3.8, 4) is 0 Å². The van der Waals surface area contributed by atoms with Crippen LogP contribution in [0, 0.1) is 0 Å². The maximum absolute atomic E-state index is 9.64. The Kier molecular flexibility index (Phi) is 3.39. The first-order valence-electron chi connectivity index (χ1n) is 6.91. The van der Waals surface area contributed by atoms with Crippen LogP contribution in [0.3, 0.4) is 0 Å². The molecule has 3 aliphatic rings. The molecule has 2 atom stereocenters. The second kappa shape index (κ2) is 4.84. The third-order valence-electron chi connectivity index (χ3n) is 4.58. The standard InChI is InChI=1S/C13H23NO3/c15-12-1-5-14(10-12)11-2-6-17-13(9-11)3-7-16-8-4-13/h11-12,15H,1-10H2/t11?,12-/m1/s1. The fourth-order valence-corrected chi connectivity index (χ4v) is 3.51. The zero-order valence-corrected chi connectivity index (χ0v) is 10.4. The zero-order chi connectivity index (χ0) is 11.7. The molecule has 0 aromatic rings. The van der Waals surface area contributed by atoms with Gasteiger partial charge in [0.25, 0.3) is 0 Å². The fourth-order valence-electron chi connectivity index (χ4n) is 3.51. The summed E-state index contributed by atoms with van der Waals surface area (Å²) in [6, 6.07) is 0.610. The van der Waals surface area contributed by atoms with Crippen molar-refractivity contribution in [3.05, 3.63) is 0 Å². The molecule has 0 aromatic carbocycles. The monoisotopic (exact) mass is 241 g/mol. The molecule has 1 unspecified atom stereocenters. The van der Waals surface area contributed by atoms with Gasteiger partial charge in [-0.25, -0.2) is 0 Å². The van der Waals surface area contributed by atoms with Gasteiger partial charge in [-0.15, -0.1) is 0 Å². The third kappa shape index (κ3) is 2.50. The van der Waals surface area contributed by atoms with Crippen molar-refractivity contribution in [2.24, 2.45) is 0 Å². The molecule has 0 radical (unpaired) electrons. The van der Waals surface area contributed by atoms with E-state index in [9.17, 15) is 5.11 Å². The summed E-state index contributed by atoms with van der Waals surface area (Å²) >= 11 is 0. The molecule has 1 spiro atoms. The van der Waals surface area contributed by atoms with Crippen molar-refractivity contribution < 1.29 is 14.6 Å². The van der Waals surface area contributed by atoms with Gasteiger partial charge in [-0.1, -0.05) is 0 Å². The Morgan fingerprint density at radius 2 is 1.94 bits per heavy atom. The Bertz CT molecular complexity index is 260. The summed E-state index contributed by atoms with van der Waals surface area (Å²) in [7, 11) is 0. The molecular formula is C13H23NO3. The molecule has 3 fully saturated rings. The van der Waals surface area contributed by atoms with Gasteiger partial charge < -0.3 is 14.6 Å². The molecule has 0 aromatic heterocycles. The molecule has 4 nitrogen and oxygen atoms in total. The second-order valence-corrected chi connectivity index (χ2v) is 5.73. The Morgan fingerprint density at radius 1 is 1.12 bits per heavy atom. The highest BCUT2D eigenvalue weighted by atomic mass is 16.5. The van der Waals surface area contributed by atoms with Crippen molar-refractivity contribution in [3.63, 3.8) is 0 Å². The molecule has 0 amide bonds. The molecule has 17 heavy (non-hydrogen) atoms. The Hall–Kier alpha value is -0.160. The van der Waals surface area contributed by atoms with Crippen molar-refractivity contribution in [1.29, 1.82) is 0 Å². The minimum absolute atomic E-state index is 0.0781. The number of β-amino-alcohol motifs (C(OH)–C–C–N with tert-alkyl or cyclic N) is 1. The number of ether oxygens (including phenoxy) is 2. The number of aliphatic hydroxyl groups is 1. The van der Waals surface area contributed by atoms with Crippen LogP contribution in [-0.4, -0.2) is 60.7 Å². The van der Waals surface area contributed by atoms with Crippen molar-refractivity contribution in [2.75, 3.05) is 32.9 Å². The lowest BCUT2D eigenvalue weighted by Gasteiger charge is -2.45.